The van der Waals surface area contributed by atoms with E-state index < -0.39 is 0 Å². The second kappa shape index (κ2) is 4.74. The van der Waals surface area contributed by atoms with Crippen LogP contribution in [0.15, 0.2) is 24.3 Å². The third-order valence-electron chi connectivity index (χ3n) is 2.83. The predicted octanol–water partition coefficient (Wildman–Crippen LogP) is 1.86. The Labute approximate surface area is 98.7 Å². The quantitative estimate of drug-likeness (QED) is 0.588. The van der Waals surface area contributed by atoms with Gasteiger partial charge in [-0.1, -0.05) is 12.1 Å². The van der Waals surface area contributed by atoms with Crippen molar-refractivity contribution in [2.45, 2.75) is 19.3 Å². The summed E-state index contributed by atoms with van der Waals surface area (Å²) in [6.07, 6.45) is 1.30. The zero-order valence-corrected chi connectivity index (χ0v) is 9.30. The van der Waals surface area contributed by atoms with Gasteiger partial charge in [-0.05, 0) is 12.0 Å². The van der Waals surface area contributed by atoms with Crippen LogP contribution in [0.5, 0.6) is 0 Å². The number of amides is 2. The molecule has 1 saturated heterocycles. The molecule has 1 heterocycles. The summed E-state index contributed by atoms with van der Waals surface area (Å²) in [6.45, 7) is 0.424. The Morgan fingerprint density at radius 2 is 1.71 bits per heavy atom. The topological polar surface area (TPSA) is 65.5 Å². The molecule has 1 aromatic rings. The maximum atomic E-state index is 11.4. The highest BCUT2D eigenvalue weighted by atomic mass is 16.2. The van der Waals surface area contributed by atoms with Gasteiger partial charge < -0.3 is 0 Å². The lowest BCUT2D eigenvalue weighted by molar-refractivity contribution is -0.138. The van der Waals surface area contributed by atoms with E-state index in [0.29, 0.717) is 31.5 Å². The summed E-state index contributed by atoms with van der Waals surface area (Å²) in [5, 5.41) is 8.53. The van der Waals surface area contributed by atoms with Crippen LogP contribution in [0.4, 0.5) is 5.69 Å². The summed E-state index contributed by atoms with van der Waals surface area (Å²) < 4.78 is 0. The molecule has 1 aliphatic rings. The van der Waals surface area contributed by atoms with E-state index >= 15 is 0 Å². The molecule has 2 amide bonds. The van der Waals surface area contributed by atoms with Crippen LogP contribution < -0.4 is 0 Å². The lowest BCUT2D eigenvalue weighted by atomic mass is 10.1. The summed E-state index contributed by atoms with van der Waals surface area (Å²) in [7, 11) is 0. The largest absolute Gasteiger partial charge is 0.385 e. The fourth-order valence-electron chi connectivity index (χ4n) is 1.84. The molecule has 0 radical (unpaired) electrons. The zero-order valence-electron chi connectivity index (χ0n) is 9.30. The number of benzene rings is 1. The lowest BCUT2D eigenvalue weighted by Gasteiger charge is -2.12. The van der Waals surface area contributed by atoms with Gasteiger partial charge in [0.2, 0.25) is 17.2 Å². The highest BCUT2D eigenvalue weighted by Gasteiger charge is 2.28. The average molecular weight is 230 g/mol. The molecule has 0 bridgehead atoms. The van der Waals surface area contributed by atoms with Crippen LogP contribution in [0.2, 0.25) is 0 Å². The molecule has 2 rings (SSSR count). The minimum Gasteiger partial charge on any atom is -0.282 e. The first kappa shape index (κ1) is 11.3. The number of hydrogen-bond acceptors (Lipinski definition) is 3. The molecule has 17 heavy (non-hydrogen) atoms. The van der Waals surface area contributed by atoms with Crippen molar-refractivity contribution < 1.29 is 9.59 Å². The fraction of sp³-hybridized carbons (Fsp3) is 0.333. The monoisotopic (exact) mass is 230 g/mol. The number of rotatable bonds is 3. The Balaban J connectivity index is 1.95. The lowest BCUT2D eigenvalue weighted by Crippen LogP contribution is -2.31. The molecule has 5 heteroatoms. The Morgan fingerprint density at radius 1 is 1.12 bits per heavy atom. The van der Waals surface area contributed by atoms with Gasteiger partial charge in [-0.25, -0.2) is 0 Å². The Morgan fingerprint density at radius 3 is 2.24 bits per heavy atom. The van der Waals surface area contributed by atoms with Crippen molar-refractivity contribution >= 4 is 17.5 Å². The molecule has 1 aliphatic heterocycles. The van der Waals surface area contributed by atoms with Crippen molar-refractivity contribution in [3.05, 3.63) is 34.8 Å². The van der Waals surface area contributed by atoms with E-state index in [1.54, 1.807) is 12.1 Å². The molecular weight excluding hydrogens is 218 g/mol. The van der Waals surface area contributed by atoms with Crippen LogP contribution >= 0.6 is 0 Å². The molecule has 0 aromatic heterocycles. The van der Waals surface area contributed by atoms with Gasteiger partial charge in [0.15, 0.2) is 4.98 Å². The van der Waals surface area contributed by atoms with E-state index in [1.807, 2.05) is 12.1 Å². The number of diazo groups is 1. The van der Waals surface area contributed by atoms with Crippen LogP contribution in [0.25, 0.3) is 4.98 Å². The Hall–Kier alpha value is -2.22. The summed E-state index contributed by atoms with van der Waals surface area (Å²) in [5.74, 6) is -0.172. The number of likely N-dealkylation sites (tertiary alicyclic amines) is 1. The Kier molecular flexibility index (Phi) is 3.15. The first-order valence-electron chi connectivity index (χ1n) is 5.48. The van der Waals surface area contributed by atoms with Gasteiger partial charge in [0, 0.05) is 31.5 Å². The molecular formula is C12H12N3O2+. The van der Waals surface area contributed by atoms with Crippen LogP contribution in [0.3, 0.4) is 0 Å². The van der Waals surface area contributed by atoms with Crippen molar-refractivity contribution in [2.75, 3.05) is 6.54 Å². The molecule has 86 valence electrons. The van der Waals surface area contributed by atoms with Crippen molar-refractivity contribution in [3.63, 3.8) is 0 Å². The van der Waals surface area contributed by atoms with Crippen molar-refractivity contribution in [2.24, 2.45) is 0 Å². The van der Waals surface area contributed by atoms with Crippen LogP contribution in [0.1, 0.15) is 18.4 Å². The summed E-state index contributed by atoms with van der Waals surface area (Å²) in [4.78, 5) is 27.1. The fourth-order valence-corrected chi connectivity index (χ4v) is 1.84. The number of imide groups is 1. The van der Waals surface area contributed by atoms with Gasteiger partial charge in [-0.2, -0.15) is 0 Å². The van der Waals surface area contributed by atoms with Crippen molar-refractivity contribution in [3.8, 4) is 0 Å². The maximum Gasteiger partial charge on any atom is 0.385 e. The van der Waals surface area contributed by atoms with Crippen molar-refractivity contribution in [1.29, 1.82) is 5.39 Å². The van der Waals surface area contributed by atoms with Crippen LogP contribution in [-0.4, -0.2) is 23.3 Å². The summed E-state index contributed by atoms with van der Waals surface area (Å²) in [6, 6.07) is 7.01. The number of carbonyl (C=O) groups excluding carboxylic acids is 2. The van der Waals surface area contributed by atoms with Gasteiger partial charge >= 0.3 is 5.69 Å². The molecule has 0 aliphatic carbocycles. The standard InChI is InChI=1S/C12H12N3O2/c13-14-10-3-1-9(2-4-10)7-8-15-11(16)5-6-12(15)17/h1-4H,5-8H2/q+1. The third-order valence-corrected chi connectivity index (χ3v) is 2.83. The molecule has 0 atom stereocenters. The van der Waals surface area contributed by atoms with Gasteiger partial charge in [-0.15, -0.1) is 0 Å². The van der Waals surface area contributed by atoms with Crippen LogP contribution in [0, 0.1) is 5.39 Å². The van der Waals surface area contributed by atoms with Gasteiger partial charge in [0.1, 0.15) is 0 Å². The minimum atomic E-state index is -0.0861. The zero-order chi connectivity index (χ0) is 12.3. The molecule has 0 unspecified atom stereocenters. The highest BCUT2D eigenvalue weighted by Crippen LogP contribution is 2.15. The minimum absolute atomic E-state index is 0.0861. The average Bonchev–Trinajstić information content (AvgIpc) is 2.67. The van der Waals surface area contributed by atoms with E-state index in [1.165, 1.54) is 4.90 Å². The first-order chi connectivity index (χ1) is 8.20. The molecule has 1 fully saturated rings. The first-order valence-corrected chi connectivity index (χ1v) is 5.48. The molecule has 1 aromatic carbocycles. The van der Waals surface area contributed by atoms with Crippen molar-refractivity contribution in [1.82, 2.24) is 4.90 Å². The van der Waals surface area contributed by atoms with E-state index in [9.17, 15) is 9.59 Å². The second-order valence-electron chi connectivity index (χ2n) is 3.96. The van der Waals surface area contributed by atoms with E-state index in [2.05, 4.69) is 4.98 Å². The molecule has 0 saturated carbocycles. The molecule has 5 nitrogen and oxygen atoms in total. The number of nitrogens with zero attached hydrogens (tertiary/aromatic N) is 3. The SMILES string of the molecule is N#[N+]c1ccc(CCN2C(=O)CCC2=O)cc1. The number of carbonyl (C=O) groups is 2. The van der Waals surface area contributed by atoms with Gasteiger partial charge in [0.05, 0.1) is 0 Å². The second-order valence-corrected chi connectivity index (χ2v) is 3.96. The highest BCUT2D eigenvalue weighted by molar-refractivity contribution is 6.01. The maximum absolute atomic E-state index is 11.4. The molecule has 0 N–H and O–H groups in total. The van der Waals surface area contributed by atoms with Gasteiger partial charge in [-0.3, -0.25) is 14.5 Å². The van der Waals surface area contributed by atoms with Gasteiger partial charge in [0.25, 0.3) is 0 Å². The summed E-state index contributed by atoms with van der Waals surface area (Å²) in [5.41, 5.74) is 1.49. The smallest absolute Gasteiger partial charge is 0.282 e. The normalized spacial score (nSPS) is 15.1. The molecule has 0 spiro atoms. The summed E-state index contributed by atoms with van der Waals surface area (Å²) >= 11 is 0. The third kappa shape index (κ3) is 2.48. The Bertz CT molecular complexity index is 471. The predicted molar refractivity (Wildman–Crippen MR) is 60.8 cm³/mol. The van der Waals surface area contributed by atoms with E-state index in [-0.39, 0.29) is 11.8 Å². The number of hydrogen-bond donors (Lipinski definition) is 0. The van der Waals surface area contributed by atoms with E-state index in [4.69, 9.17) is 5.39 Å². The van der Waals surface area contributed by atoms with Crippen LogP contribution in [-0.2, 0) is 16.0 Å². The van der Waals surface area contributed by atoms with E-state index in [0.717, 1.165) is 5.56 Å².